The summed E-state index contributed by atoms with van der Waals surface area (Å²) in [5.74, 6) is 1.44. The maximum atomic E-state index is 8.91. The molecule has 1 aliphatic rings. The predicted molar refractivity (Wildman–Crippen MR) is 66.7 cm³/mol. The number of aliphatic hydroxyl groups is 1. The van der Waals surface area contributed by atoms with E-state index in [1.807, 2.05) is 13.2 Å². The molecule has 0 aromatic carbocycles. The van der Waals surface area contributed by atoms with Gasteiger partial charge in [0.2, 0.25) is 0 Å². The van der Waals surface area contributed by atoms with E-state index in [0.29, 0.717) is 12.5 Å². The molecule has 2 N–H and O–H groups in total. The Labute approximate surface area is 102 Å². The number of nitrogens with one attached hydrogen (secondary N) is 1. The van der Waals surface area contributed by atoms with Gasteiger partial charge in [-0.3, -0.25) is 9.88 Å². The highest BCUT2D eigenvalue weighted by atomic mass is 16.3. The van der Waals surface area contributed by atoms with E-state index in [0.717, 1.165) is 37.6 Å². The first-order valence-electron chi connectivity index (χ1n) is 6.13. The van der Waals surface area contributed by atoms with Crippen molar-refractivity contribution >= 4 is 5.82 Å². The fraction of sp³-hybridized carbons (Fsp3) is 0.667. The minimum Gasteiger partial charge on any atom is -0.396 e. The first-order chi connectivity index (χ1) is 8.31. The summed E-state index contributed by atoms with van der Waals surface area (Å²) in [6.45, 7) is 3.32. The van der Waals surface area contributed by atoms with Gasteiger partial charge in [-0.2, -0.15) is 0 Å². The summed E-state index contributed by atoms with van der Waals surface area (Å²) in [4.78, 5) is 11.0. The van der Waals surface area contributed by atoms with Crippen molar-refractivity contribution in [1.29, 1.82) is 0 Å². The van der Waals surface area contributed by atoms with Crippen LogP contribution >= 0.6 is 0 Å². The van der Waals surface area contributed by atoms with Gasteiger partial charge in [-0.05, 0) is 25.3 Å². The summed E-state index contributed by atoms with van der Waals surface area (Å²) >= 11 is 0. The lowest BCUT2D eigenvalue weighted by molar-refractivity contribution is 0.249. The smallest absolute Gasteiger partial charge is 0.144 e. The van der Waals surface area contributed by atoms with E-state index >= 15 is 0 Å². The van der Waals surface area contributed by atoms with Crippen molar-refractivity contribution in [2.75, 3.05) is 32.1 Å². The highest BCUT2D eigenvalue weighted by Gasteiger charge is 2.22. The van der Waals surface area contributed by atoms with Crippen LogP contribution < -0.4 is 5.32 Å². The second kappa shape index (κ2) is 5.93. The van der Waals surface area contributed by atoms with Gasteiger partial charge in [0, 0.05) is 26.7 Å². The summed E-state index contributed by atoms with van der Waals surface area (Å²) < 4.78 is 0. The summed E-state index contributed by atoms with van der Waals surface area (Å²) in [6, 6.07) is 0. The van der Waals surface area contributed by atoms with E-state index in [9.17, 15) is 0 Å². The molecule has 1 atom stereocenters. The Morgan fingerprint density at radius 1 is 1.47 bits per heavy atom. The maximum absolute atomic E-state index is 8.91. The molecule has 17 heavy (non-hydrogen) atoms. The first kappa shape index (κ1) is 12.3. The molecule has 0 radical (unpaired) electrons. The van der Waals surface area contributed by atoms with Gasteiger partial charge in [0.15, 0.2) is 0 Å². The highest BCUT2D eigenvalue weighted by Crippen LogP contribution is 2.20. The number of hydrogen-bond acceptors (Lipinski definition) is 5. The molecule has 1 fully saturated rings. The van der Waals surface area contributed by atoms with E-state index in [-0.39, 0.29) is 0 Å². The van der Waals surface area contributed by atoms with Gasteiger partial charge in [0.05, 0.1) is 18.1 Å². The molecule has 5 heteroatoms. The Kier molecular flexibility index (Phi) is 4.28. The van der Waals surface area contributed by atoms with Crippen LogP contribution in [0.3, 0.4) is 0 Å². The second-order valence-electron chi connectivity index (χ2n) is 4.55. The highest BCUT2D eigenvalue weighted by molar-refractivity contribution is 5.29. The van der Waals surface area contributed by atoms with Crippen molar-refractivity contribution in [3.8, 4) is 0 Å². The Bertz CT molecular complexity index is 341. The zero-order valence-corrected chi connectivity index (χ0v) is 10.3. The molecule has 1 aromatic heterocycles. The number of nitrogens with zero attached hydrogens (tertiary/aromatic N) is 3. The largest absolute Gasteiger partial charge is 0.396 e. The van der Waals surface area contributed by atoms with E-state index in [2.05, 4.69) is 20.2 Å². The summed E-state index contributed by atoms with van der Waals surface area (Å²) in [5, 5.41) is 11.9. The summed E-state index contributed by atoms with van der Waals surface area (Å²) in [6.07, 6.45) is 5.69. The molecule has 1 saturated heterocycles. The lowest BCUT2D eigenvalue weighted by atomic mass is 10.1. The Hall–Kier alpha value is -1.20. The molecule has 2 rings (SSSR count). The standard InChI is InChI=1S/C12H20N4O/c1-13-12-7-14-11(6-15-12)9-16-4-2-10(8-16)3-5-17/h6-7,10,17H,2-5,8-9H2,1H3,(H,13,15). The lowest BCUT2D eigenvalue weighted by Gasteiger charge is -2.15. The van der Waals surface area contributed by atoms with Gasteiger partial charge < -0.3 is 10.4 Å². The van der Waals surface area contributed by atoms with Gasteiger partial charge in [-0.25, -0.2) is 4.98 Å². The molecular formula is C12H20N4O. The van der Waals surface area contributed by atoms with Crippen LogP contribution in [0.25, 0.3) is 0 Å². The Morgan fingerprint density at radius 2 is 2.35 bits per heavy atom. The van der Waals surface area contributed by atoms with Crippen molar-refractivity contribution in [3.05, 3.63) is 18.1 Å². The lowest BCUT2D eigenvalue weighted by Crippen LogP contribution is -2.21. The molecule has 0 aliphatic carbocycles. The Morgan fingerprint density at radius 3 is 3.00 bits per heavy atom. The quantitative estimate of drug-likeness (QED) is 0.789. The van der Waals surface area contributed by atoms with Crippen LogP contribution in [0.15, 0.2) is 12.4 Å². The molecule has 1 unspecified atom stereocenters. The molecule has 1 aromatic rings. The molecule has 0 amide bonds. The van der Waals surface area contributed by atoms with E-state index in [1.165, 1.54) is 6.42 Å². The minimum absolute atomic E-state index is 0.301. The van der Waals surface area contributed by atoms with Gasteiger partial charge in [0.25, 0.3) is 0 Å². The number of anilines is 1. The van der Waals surface area contributed by atoms with Crippen molar-refractivity contribution in [2.45, 2.75) is 19.4 Å². The van der Waals surface area contributed by atoms with Crippen LogP contribution in [0.2, 0.25) is 0 Å². The van der Waals surface area contributed by atoms with Crippen LogP contribution in [0, 0.1) is 5.92 Å². The zero-order chi connectivity index (χ0) is 12.1. The third-order valence-corrected chi connectivity index (χ3v) is 3.25. The third-order valence-electron chi connectivity index (χ3n) is 3.25. The first-order valence-corrected chi connectivity index (χ1v) is 6.13. The topological polar surface area (TPSA) is 61.3 Å². The predicted octanol–water partition coefficient (Wildman–Crippen LogP) is 0.723. The molecule has 2 heterocycles. The van der Waals surface area contributed by atoms with Crippen LogP contribution in [-0.2, 0) is 6.54 Å². The molecule has 0 spiro atoms. The van der Waals surface area contributed by atoms with E-state index in [4.69, 9.17) is 5.11 Å². The number of hydrogen-bond donors (Lipinski definition) is 2. The van der Waals surface area contributed by atoms with Crippen molar-refractivity contribution in [1.82, 2.24) is 14.9 Å². The van der Waals surface area contributed by atoms with Crippen LogP contribution in [0.1, 0.15) is 18.5 Å². The number of likely N-dealkylation sites (tertiary alicyclic amines) is 1. The molecule has 0 bridgehead atoms. The number of aliphatic hydroxyl groups excluding tert-OH is 1. The van der Waals surface area contributed by atoms with Crippen molar-refractivity contribution in [3.63, 3.8) is 0 Å². The average molecular weight is 236 g/mol. The summed E-state index contributed by atoms with van der Waals surface area (Å²) in [7, 11) is 1.84. The molecule has 5 nitrogen and oxygen atoms in total. The average Bonchev–Trinajstić information content (AvgIpc) is 2.78. The fourth-order valence-electron chi connectivity index (χ4n) is 2.27. The van der Waals surface area contributed by atoms with Crippen molar-refractivity contribution in [2.24, 2.45) is 5.92 Å². The maximum Gasteiger partial charge on any atom is 0.144 e. The van der Waals surface area contributed by atoms with E-state index in [1.54, 1.807) is 6.20 Å². The SMILES string of the molecule is CNc1cnc(CN2CCC(CCO)C2)cn1. The monoisotopic (exact) mass is 236 g/mol. The third kappa shape index (κ3) is 3.38. The van der Waals surface area contributed by atoms with Gasteiger partial charge >= 0.3 is 0 Å². The molecule has 0 saturated carbocycles. The fourth-order valence-corrected chi connectivity index (χ4v) is 2.27. The molecule has 94 valence electrons. The zero-order valence-electron chi connectivity index (χ0n) is 10.3. The van der Waals surface area contributed by atoms with Gasteiger partial charge in [-0.1, -0.05) is 0 Å². The normalized spacial score (nSPS) is 20.7. The van der Waals surface area contributed by atoms with Gasteiger partial charge in [-0.15, -0.1) is 0 Å². The molecular weight excluding hydrogens is 216 g/mol. The molecule has 1 aliphatic heterocycles. The van der Waals surface area contributed by atoms with Crippen LogP contribution in [-0.4, -0.2) is 46.7 Å². The summed E-state index contributed by atoms with van der Waals surface area (Å²) in [5.41, 5.74) is 1.01. The Balaban J connectivity index is 1.84. The minimum atomic E-state index is 0.301. The van der Waals surface area contributed by atoms with Crippen LogP contribution in [0.4, 0.5) is 5.82 Å². The van der Waals surface area contributed by atoms with E-state index < -0.39 is 0 Å². The van der Waals surface area contributed by atoms with Crippen LogP contribution in [0.5, 0.6) is 0 Å². The van der Waals surface area contributed by atoms with Crippen molar-refractivity contribution < 1.29 is 5.11 Å². The second-order valence-corrected chi connectivity index (χ2v) is 4.55. The van der Waals surface area contributed by atoms with Gasteiger partial charge in [0.1, 0.15) is 5.82 Å². The number of aromatic nitrogens is 2. The number of rotatable bonds is 5.